The molecule has 106 valence electrons. The summed E-state index contributed by atoms with van der Waals surface area (Å²) in [5, 5.41) is 4.34. The van der Waals surface area contributed by atoms with Gasteiger partial charge >= 0.3 is 0 Å². The maximum absolute atomic E-state index is 5.82. The van der Waals surface area contributed by atoms with Gasteiger partial charge in [0.15, 0.2) is 5.82 Å². The van der Waals surface area contributed by atoms with Crippen LogP contribution in [0.2, 0.25) is 5.02 Å². The van der Waals surface area contributed by atoms with E-state index in [1.54, 1.807) is 26.4 Å². The summed E-state index contributed by atoms with van der Waals surface area (Å²) in [5.74, 6) is 1.74. The summed E-state index contributed by atoms with van der Waals surface area (Å²) in [4.78, 5) is 14.8. The van der Waals surface area contributed by atoms with Crippen molar-refractivity contribution in [3.05, 3.63) is 29.1 Å². The van der Waals surface area contributed by atoms with Crippen molar-refractivity contribution in [2.45, 2.75) is 25.5 Å². The standard InChI is InChI=1S/C12H14ClN5O2/c1-7-16-11(20-17-7)10-3-9(19-2)6-18(10)12-14-4-8(13)5-15-12/h4-5,9-10H,3,6H2,1-2H3/t9-,10+/m0/s1. The number of rotatable bonds is 3. The number of nitrogens with zero attached hydrogens (tertiary/aromatic N) is 5. The van der Waals surface area contributed by atoms with Crippen molar-refractivity contribution >= 4 is 17.5 Å². The fourth-order valence-electron chi connectivity index (χ4n) is 2.33. The molecule has 3 heterocycles. The molecule has 0 spiro atoms. The normalized spacial score (nSPS) is 22.4. The minimum Gasteiger partial charge on any atom is -0.380 e. The second-order valence-electron chi connectivity index (χ2n) is 4.64. The molecule has 0 radical (unpaired) electrons. The topological polar surface area (TPSA) is 77.2 Å². The lowest BCUT2D eigenvalue weighted by molar-refractivity contribution is 0.117. The van der Waals surface area contributed by atoms with Crippen LogP contribution in [-0.4, -0.2) is 39.9 Å². The highest BCUT2D eigenvalue weighted by Gasteiger charge is 2.38. The molecule has 0 unspecified atom stereocenters. The van der Waals surface area contributed by atoms with Crippen LogP contribution in [0, 0.1) is 6.92 Å². The van der Waals surface area contributed by atoms with E-state index in [0.717, 1.165) is 6.42 Å². The van der Waals surface area contributed by atoms with Gasteiger partial charge in [-0.2, -0.15) is 4.98 Å². The number of aromatic nitrogens is 4. The third-order valence-electron chi connectivity index (χ3n) is 3.29. The number of halogens is 1. The first kappa shape index (κ1) is 13.3. The summed E-state index contributed by atoms with van der Waals surface area (Å²) in [5.41, 5.74) is 0. The highest BCUT2D eigenvalue weighted by Crippen LogP contribution is 2.34. The third kappa shape index (κ3) is 2.46. The second kappa shape index (κ2) is 5.34. The Labute approximate surface area is 120 Å². The molecule has 1 saturated heterocycles. The fraction of sp³-hybridized carbons (Fsp3) is 0.500. The zero-order valence-electron chi connectivity index (χ0n) is 11.2. The Balaban J connectivity index is 1.91. The number of hydrogen-bond acceptors (Lipinski definition) is 7. The van der Waals surface area contributed by atoms with E-state index in [0.29, 0.717) is 29.2 Å². The van der Waals surface area contributed by atoms with Crippen molar-refractivity contribution in [2.75, 3.05) is 18.6 Å². The number of aryl methyl sites for hydroxylation is 1. The average molecular weight is 296 g/mol. The average Bonchev–Trinajstić information content (AvgIpc) is 3.05. The van der Waals surface area contributed by atoms with Gasteiger partial charge in [-0.25, -0.2) is 9.97 Å². The molecule has 3 rings (SSSR count). The zero-order valence-corrected chi connectivity index (χ0v) is 11.9. The van der Waals surface area contributed by atoms with Gasteiger partial charge in [-0.3, -0.25) is 0 Å². The van der Waals surface area contributed by atoms with E-state index in [-0.39, 0.29) is 12.1 Å². The Morgan fingerprint density at radius 2 is 2.15 bits per heavy atom. The van der Waals surface area contributed by atoms with Gasteiger partial charge in [0.2, 0.25) is 11.8 Å². The van der Waals surface area contributed by atoms with Crippen molar-refractivity contribution < 1.29 is 9.26 Å². The molecule has 1 aliphatic rings. The Hall–Kier alpha value is -1.73. The smallest absolute Gasteiger partial charge is 0.249 e. The van der Waals surface area contributed by atoms with Gasteiger partial charge in [-0.05, 0) is 6.92 Å². The second-order valence-corrected chi connectivity index (χ2v) is 5.08. The summed E-state index contributed by atoms with van der Waals surface area (Å²) in [6, 6.07) is -0.0812. The first-order valence-electron chi connectivity index (χ1n) is 6.24. The van der Waals surface area contributed by atoms with Crippen LogP contribution in [0.5, 0.6) is 0 Å². The van der Waals surface area contributed by atoms with E-state index in [1.807, 2.05) is 4.90 Å². The lowest BCUT2D eigenvalue weighted by Gasteiger charge is -2.21. The largest absolute Gasteiger partial charge is 0.380 e. The summed E-state index contributed by atoms with van der Waals surface area (Å²) < 4.78 is 10.7. The van der Waals surface area contributed by atoms with E-state index in [1.165, 1.54) is 0 Å². The van der Waals surface area contributed by atoms with E-state index in [2.05, 4.69) is 20.1 Å². The van der Waals surface area contributed by atoms with Crippen LogP contribution < -0.4 is 4.90 Å². The summed E-state index contributed by atoms with van der Waals surface area (Å²) >= 11 is 5.82. The summed E-state index contributed by atoms with van der Waals surface area (Å²) in [6.07, 6.45) is 3.97. The van der Waals surface area contributed by atoms with Crippen LogP contribution in [0.4, 0.5) is 5.95 Å². The Morgan fingerprint density at radius 3 is 2.75 bits per heavy atom. The number of anilines is 1. The first-order valence-corrected chi connectivity index (χ1v) is 6.62. The van der Waals surface area contributed by atoms with Crippen molar-refractivity contribution in [3.8, 4) is 0 Å². The molecule has 0 bridgehead atoms. The monoisotopic (exact) mass is 295 g/mol. The van der Waals surface area contributed by atoms with E-state index in [9.17, 15) is 0 Å². The molecule has 20 heavy (non-hydrogen) atoms. The maximum atomic E-state index is 5.82. The number of ether oxygens (including phenoxy) is 1. The molecule has 0 saturated carbocycles. The minimum absolute atomic E-state index is 0.0754. The quantitative estimate of drug-likeness (QED) is 0.854. The molecule has 0 aromatic carbocycles. The first-order chi connectivity index (χ1) is 9.67. The van der Waals surface area contributed by atoms with Crippen LogP contribution in [0.15, 0.2) is 16.9 Å². The van der Waals surface area contributed by atoms with Gasteiger partial charge < -0.3 is 14.2 Å². The van der Waals surface area contributed by atoms with Gasteiger partial charge in [0.25, 0.3) is 0 Å². The highest BCUT2D eigenvalue weighted by molar-refractivity contribution is 6.30. The molecule has 0 aliphatic carbocycles. The Morgan fingerprint density at radius 1 is 1.40 bits per heavy atom. The van der Waals surface area contributed by atoms with Crippen molar-refractivity contribution in [1.82, 2.24) is 20.1 Å². The minimum atomic E-state index is -0.0812. The maximum Gasteiger partial charge on any atom is 0.249 e. The van der Waals surface area contributed by atoms with Crippen LogP contribution in [0.25, 0.3) is 0 Å². The van der Waals surface area contributed by atoms with Gasteiger partial charge in [0.1, 0.15) is 6.04 Å². The molecule has 8 heteroatoms. The Bertz CT molecular complexity index is 588. The van der Waals surface area contributed by atoms with Gasteiger partial charge in [0, 0.05) is 20.1 Å². The SMILES string of the molecule is CO[C@H]1C[C@H](c2nc(C)no2)N(c2ncc(Cl)cn2)C1. The van der Waals surface area contributed by atoms with Crippen LogP contribution in [0.3, 0.4) is 0 Å². The summed E-state index contributed by atoms with van der Waals surface area (Å²) in [7, 11) is 1.69. The summed E-state index contributed by atoms with van der Waals surface area (Å²) in [6.45, 7) is 2.46. The van der Waals surface area contributed by atoms with Gasteiger partial charge in [-0.1, -0.05) is 16.8 Å². The van der Waals surface area contributed by atoms with E-state index in [4.69, 9.17) is 20.9 Å². The zero-order chi connectivity index (χ0) is 14.1. The van der Waals surface area contributed by atoms with Crippen molar-refractivity contribution in [2.24, 2.45) is 0 Å². The van der Waals surface area contributed by atoms with Gasteiger partial charge in [0.05, 0.1) is 23.5 Å². The predicted molar refractivity (Wildman–Crippen MR) is 71.6 cm³/mol. The lowest BCUT2D eigenvalue weighted by atomic mass is 10.2. The number of methoxy groups -OCH3 is 1. The van der Waals surface area contributed by atoms with Gasteiger partial charge in [-0.15, -0.1) is 0 Å². The Kier molecular flexibility index (Phi) is 3.54. The number of hydrogen-bond donors (Lipinski definition) is 0. The molecule has 0 amide bonds. The molecule has 2 atom stereocenters. The molecule has 1 aliphatic heterocycles. The molecule has 2 aromatic rings. The predicted octanol–water partition coefficient (Wildman–Crippen LogP) is 1.79. The van der Waals surface area contributed by atoms with Crippen LogP contribution in [-0.2, 0) is 4.74 Å². The molecule has 7 nitrogen and oxygen atoms in total. The molecular weight excluding hydrogens is 282 g/mol. The third-order valence-corrected chi connectivity index (χ3v) is 3.48. The van der Waals surface area contributed by atoms with E-state index < -0.39 is 0 Å². The fourth-order valence-corrected chi connectivity index (χ4v) is 2.42. The molecule has 2 aromatic heterocycles. The highest BCUT2D eigenvalue weighted by atomic mass is 35.5. The van der Waals surface area contributed by atoms with Crippen LogP contribution >= 0.6 is 11.6 Å². The van der Waals surface area contributed by atoms with Crippen LogP contribution in [0.1, 0.15) is 24.2 Å². The molecular formula is C12H14ClN5O2. The molecule has 0 N–H and O–H groups in total. The lowest BCUT2D eigenvalue weighted by Crippen LogP contribution is -2.26. The molecule has 1 fully saturated rings. The van der Waals surface area contributed by atoms with E-state index >= 15 is 0 Å². The van der Waals surface area contributed by atoms with Crippen molar-refractivity contribution in [1.29, 1.82) is 0 Å². The van der Waals surface area contributed by atoms with Crippen molar-refractivity contribution in [3.63, 3.8) is 0 Å².